The number of nitrogens with one attached hydrogen (secondary N) is 2. The van der Waals surface area contributed by atoms with E-state index in [0.717, 1.165) is 59.5 Å². The van der Waals surface area contributed by atoms with Crippen LogP contribution in [0.1, 0.15) is 77.6 Å². The van der Waals surface area contributed by atoms with Gasteiger partial charge in [-0.25, -0.2) is 19.8 Å². The molecular weight excluding hydrogens is 646 g/mol. The molecule has 0 bridgehead atoms. The lowest BCUT2D eigenvalue weighted by Crippen LogP contribution is -2.40. The molecular formula is C39H51N7O5. The maximum atomic E-state index is 13.1. The second kappa shape index (κ2) is 16.8. The molecule has 12 heteroatoms. The van der Waals surface area contributed by atoms with Crippen molar-refractivity contribution in [2.75, 3.05) is 31.6 Å². The number of carbonyl (C=O) groups is 2. The molecule has 51 heavy (non-hydrogen) atoms. The summed E-state index contributed by atoms with van der Waals surface area (Å²) in [5, 5.41) is 12.4. The monoisotopic (exact) mass is 697 g/mol. The highest BCUT2D eigenvalue weighted by Crippen LogP contribution is 2.32. The van der Waals surface area contributed by atoms with Crippen LogP contribution in [0.2, 0.25) is 0 Å². The van der Waals surface area contributed by atoms with E-state index in [9.17, 15) is 9.59 Å². The summed E-state index contributed by atoms with van der Waals surface area (Å²) in [6.45, 7) is 17.4. The molecule has 0 aliphatic carbocycles. The standard InChI is InChI=1S/C39H51N7O5/c1-26(2)22-41-34(47)25-50-31-12-10-11-29(21-31)36-43-33-18-19-45(38(48)51-39(4,5)6)24-32(33)37(44-36)42-30-16-14-28(15-17-30)27(3)23-46(40-7)35-13-8-9-20-49-35/h10-12,14-17,21,23,26,35H,7-9,13,18-20,22,24-25H2,1-6H3,(H,41,47)(H,42,43,44)/b27-23+. The quantitative estimate of drug-likeness (QED) is 0.150. The third-order valence-corrected chi connectivity index (χ3v) is 8.42. The second-order valence-corrected chi connectivity index (χ2v) is 14.3. The van der Waals surface area contributed by atoms with E-state index >= 15 is 0 Å². The van der Waals surface area contributed by atoms with E-state index in [0.29, 0.717) is 49.4 Å². The first-order valence-electron chi connectivity index (χ1n) is 17.7. The number of hydrogen-bond acceptors (Lipinski definition) is 10. The Labute approximate surface area is 301 Å². The first-order valence-corrected chi connectivity index (χ1v) is 17.7. The fourth-order valence-corrected chi connectivity index (χ4v) is 5.75. The van der Waals surface area contributed by atoms with Gasteiger partial charge in [0.05, 0.1) is 12.2 Å². The number of aromatic nitrogens is 2. The molecule has 2 aliphatic rings. The number of fused-ring (bicyclic) bond motifs is 1. The summed E-state index contributed by atoms with van der Waals surface area (Å²) in [6, 6.07) is 15.5. The first-order chi connectivity index (χ1) is 24.4. The molecule has 2 aromatic carbocycles. The lowest BCUT2D eigenvalue weighted by atomic mass is 10.0. The molecule has 0 spiro atoms. The average molecular weight is 698 g/mol. The fourth-order valence-electron chi connectivity index (χ4n) is 5.75. The molecule has 1 saturated heterocycles. The summed E-state index contributed by atoms with van der Waals surface area (Å²) >= 11 is 0. The number of carbonyl (C=O) groups excluding carboxylic acids is 2. The van der Waals surface area contributed by atoms with Crippen LogP contribution in [0.3, 0.4) is 0 Å². The Kier molecular flexibility index (Phi) is 12.3. The molecule has 1 atom stereocenters. The maximum absolute atomic E-state index is 13.1. The van der Waals surface area contributed by atoms with Crippen LogP contribution >= 0.6 is 0 Å². The highest BCUT2D eigenvalue weighted by atomic mass is 16.6. The number of amides is 2. The SMILES string of the molecule is C=NN(/C=C(\C)c1ccc(Nc2nc(-c3cccc(OCC(=O)NCC(C)C)c3)nc3c2CN(C(=O)OC(C)(C)C)CC3)cc1)C1CCCCO1. The van der Waals surface area contributed by atoms with Crippen molar-refractivity contribution in [1.29, 1.82) is 0 Å². The summed E-state index contributed by atoms with van der Waals surface area (Å²) in [4.78, 5) is 37.0. The predicted octanol–water partition coefficient (Wildman–Crippen LogP) is 7.14. The number of nitrogens with zero attached hydrogens (tertiary/aromatic N) is 5. The van der Waals surface area contributed by atoms with Crippen molar-refractivity contribution < 1.29 is 23.8 Å². The third kappa shape index (κ3) is 10.5. The summed E-state index contributed by atoms with van der Waals surface area (Å²) in [5.74, 6) is 1.82. The molecule has 0 radical (unpaired) electrons. The summed E-state index contributed by atoms with van der Waals surface area (Å²) < 4.78 is 17.4. The molecule has 2 N–H and O–H groups in total. The van der Waals surface area contributed by atoms with Gasteiger partial charge in [0.15, 0.2) is 12.4 Å². The third-order valence-electron chi connectivity index (χ3n) is 8.42. The normalized spacial score (nSPS) is 16.3. The molecule has 12 nitrogen and oxygen atoms in total. The van der Waals surface area contributed by atoms with Crippen molar-refractivity contribution in [2.45, 2.75) is 85.6 Å². The molecule has 1 aromatic heterocycles. The van der Waals surface area contributed by atoms with Gasteiger partial charge in [0.1, 0.15) is 23.4 Å². The van der Waals surface area contributed by atoms with Crippen LogP contribution in [0.15, 0.2) is 59.8 Å². The van der Waals surface area contributed by atoms with Crippen molar-refractivity contribution in [2.24, 2.45) is 11.0 Å². The van der Waals surface area contributed by atoms with Crippen LogP contribution in [-0.2, 0) is 27.2 Å². The number of anilines is 2. The van der Waals surface area contributed by atoms with Gasteiger partial charge in [-0.05, 0) is 88.3 Å². The van der Waals surface area contributed by atoms with Crippen LogP contribution in [0.5, 0.6) is 5.75 Å². The van der Waals surface area contributed by atoms with Crippen molar-refractivity contribution >= 4 is 35.8 Å². The molecule has 0 saturated carbocycles. The zero-order chi connectivity index (χ0) is 36.5. The lowest BCUT2D eigenvalue weighted by molar-refractivity contribution is -0.123. The molecule has 1 unspecified atom stereocenters. The zero-order valence-electron chi connectivity index (χ0n) is 30.7. The predicted molar refractivity (Wildman–Crippen MR) is 200 cm³/mol. The molecule has 2 amide bonds. The number of rotatable bonds is 12. The maximum Gasteiger partial charge on any atom is 0.410 e. The number of benzene rings is 2. The highest BCUT2D eigenvalue weighted by molar-refractivity contribution is 5.77. The van der Waals surface area contributed by atoms with Crippen LogP contribution in [0.25, 0.3) is 17.0 Å². The van der Waals surface area contributed by atoms with Crippen molar-refractivity contribution in [3.63, 3.8) is 0 Å². The van der Waals surface area contributed by atoms with Crippen LogP contribution in [-0.4, -0.2) is 76.7 Å². The summed E-state index contributed by atoms with van der Waals surface area (Å²) in [6.07, 6.45) is 5.10. The smallest absolute Gasteiger partial charge is 0.410 e. The molecule has 5 rings (SSSR count). The van der Waals surface area contributed by atoms with Gasteiger partial charge in [-0.1, -0.05) is 38.1 Å². The highest BCUT2D eigenvalue weighted by Gasteiger charge is 2.29. The Hall–Kier alpha value is -4.97. The van der Waals surface area contributed by atoms with Gasteiger partial charge >= 0.3 is 6.09 Å². The minimum absolute atomic E-state index is 0.0876. The van der Waals surface area contributed by atoms with E-state index in [1.165, 1.54) is 0 Å². The minimum atomic E-state index is -0.614. The van der Waals surface area contributed by atoms with E-state index < -0.39 is 5.60 Å². The molecule has 3 heterocycles. The number of hydrogen-bond donors (Lipinski definition) is 2. The van der Waals surface area contributed by atoms with E-state index in [1.807, 2.05) is 90.2 Å². The van der Waals surface area contributed by atoms with Crippen LogP contribution in [0, 0.1) is 5.92 Å². The average Bonchev–Trinajstić information content (AvgIpc) is 3.11. The van der Waals surface area contributed by atoms with Gasteiger partial charge in [-0.3, -0.25) is 4.79 Å². The van der Waals surface area contributed by atoms with Gasteiger partial charge in [-0.15, -0.1) is 0 Å². The van der Waals surface area contributed by atoms with Gasteiger partial charge in [0.2, 0.25) is 0 Å². The zero-order valence-corrected chi connectivity index (χ0v) is 30.7. The van der Waals surface area contributed by atoms with Gasteiger partial charge in [-0.2, -0.15) is 5.10 Å². The molecule has 2 aliphatic heterocycles. The van der Waals surface area contributed by atoms with Gasteiger partial charge < -0.3 is 29.7 Å². The Balaban J connectivity index is 1.40. The Morgan fingerprint density at radius 1 is 1.16 bits per heavy atom. The topological polar surface area (TPSA) is 131 Å². The van der Waals surface area contributed by atoms with Crippen molar-refractivity contribution in [3.8, 4) is 17.1 Å². The molecule has 1 fully saturated rings. The van der Waals surface area contributed by atoms with E-state index in [1.54, 1.807) is 16.0 Å². The molecule has 272 valence electrons. The minimum Gasteiger partial charge on any atom is -0.484 e. The van der Waals surface area contributed by atoms with Gasteiger partial charge in [0, 0.05) is 55.8 Å². The van der Waals surface area contributed by atoms with Gasteiger partial charge in [0.25, 0.3) is 5.91 Å². The number of allylic oxidation sites excluding steroid dienone is 1. The fraction of sp³-hybridized carbons (Fsp3) is 0.462. The Bertz CT molecular complexity index is 1710. The largest absolute Gasteiger partial charge is 0.484 e. The van der Waals surface area contributed by atoms with Crippen molar-refractivity contribution in [3.05, 3.63) is 71.6 Å². The first kappa shape index (κ1) is 37.3. The number of ether oxygens (including phenoxy) is 3. The van der Waals surface area contributed by atoms with Crippen LogP contribution < -0.4 is 15.4 Å². The Morgan fingerprint density at radius 2 is 1.94 bits per heavy atom. The van der Waals surface area contributed by atoms with Crippen LogP contribution in [0.4, 0.5) is 16.3 Å². The van der Waals surface area contributed by atoms with E-state index in [4.69, 9.17) is 24.2 Å². The van der Waals surface area contributed by atoms with E-state index in [2.05, 4.69) is 22.5 Å². The summed E-state index contributed by atoms with van der Waals surface area (Å²) in [7, 11) is 0. The summed E-state index contributed by atoms with van der Waals surface area (Å²) in [5.41, 5.74) is 4.68. The second-order valence-electron chi connectivity index (χ2n) is 14.3. The Morgan fingerprint density at radius 3 is 2.63 bits per heavy atom. The van der Waals surface area contributed by atoms with Crippen molar-refractivity contribution in [1.82, 2.24) is 25.2 Å². The van der Waals surface area contributed by atoms with E-state index in [-0.39, 0.29) is 24.8 Å². The molecule has 3 aromatic rings. The number of hydrazone groups is 1. The lowest BCUT2D eigenvalue weighted by Gasteiger charge is -2.31.